The Morgan fingerprint density at radius 1 is 1.50 bits per heavy atom. The normalized spacial score (nSPS) is 10.3. The Kier molecular flexibility index (Phi) is 2.63. The summed E-state index contributed by atoms with van der Waals surface area (Å²) in [6, 6.07) is 3.51. The molecule has 0 spiro atoms. The Morgan fingerprint density at radius 3 is 3.00 bits per heavy atom. The van der Waals surface area contributed by atoms with Gasteiger partial charge in [0.2, 0.25) is 5.88 Å². The highest BCUT2D eigenvalue weighted by molar-refractivity contribution is 5.80. The van der Waals surface area contributed by atoms with Gasteiger partial charge in [-0.25, -0.2) is 9.97 Å². The zero-order valence-electron chi connectivity index (χ0n) is 8.54. The number of carbonyl (C=O) groups is 1. The van der Waals surface area contributed by atoms with Crippen molar-refractivity contribution in [1.29, 1.82) is 0 Å². The molecule has 0 bridgehead atoms. The topological polar surface area (TPSA) is 85.2 Å². The number of methoxy groups -OCH3 is 1. The minimum Gasteiger partial charge on any atom is -0.481 e. The van der Waals surface area contributed by atoms with Crippen molar-refractivity contribution in [3.8, 4) is 5.88 Å². The number of rotatable bonds is 3. The predicted molar refractivity (Wildman–Crippen MR) is 55.2 cm³/mol. The van der Waals surface area contributed by atoms with Crippen LogP contribution in [-0.4, -0.2) is 33.1 Å². The molecule has 0 saturated heterocycles. The van der Waals surface area contributed by atoms with Crippen LogP contribution in [0.3, 0.4) is 0 Å². The van der Waals surface area contributed by atoms with E-state index >= 15 is 0 Å². The summed E-state index contributed by atoms with van der Waals surface area (Å²) in [6.07, 6.45) is 1.34. The van der Waals surface area contributed by atoms with E-state index in [2.05, 4.69) is 15.0 Å². The van der Waals surface area contributed by atoms with Gasteiger partial charge >= 0.3 is 5.97 Å². The fourth-order valence-electron chi connectivity index (χ4n) is 1.35. The lowest BCUT2D eigenvalue weighted by molar-refractivity contribution is -0.136. The molecule has 0 aromatic carbocycles. The number of aliphatic carboxylic acids is 1. The third-order valence-electron chi connectivity index (χ3n) is 1.99. The van der Waals surface area contributed by atoms with E-state index in [0.717, 1.165) is 0 Å². The first kappa shape index (κ1) is 10.3. The zero-order valence-corrected chi connectivity index (χ0v) is 8.54. The maximum atomic E-state index is 10.6. The van der Waals surface area contributed by atoms with Crippen molar-refractivity contribution in [2.75, 3.05) is 7.11 Å². The Bertz CT molecular complexity index is 542. The third kappa shape index (κ3) is 1.90. The van der Waals surface area contributed by atoms with Crippen LogP contribution in [-0.2, 0) is 11.2 Å². The molecule has 0 aliphatic rings. The van der Waals surface area contributed by atoms with Crippen LogP contribution >= 0.6 is 0 Å². The molecular weight excluding hydrogens is 210 g/mol. The van der Waals surface area contributed by atoms with Gasteiger partial charge in [0.25, 0.3) is 0 Å². The highest BCUT2D eigenvalue weighted by Gasteiger charge is 2.10. The lowest BCUT2D eigenvalue weighted by Gasteiger charge is -2.04. The fraction of sp³-hybridized carbons (Fsp3) is 0.200. The Hall–Kier alpha value is -2.24. The second-order valence-electron chi connectivity index (χ2n) is 3.09. The summed E-state index contributed by atoms with van der Waals surface area (Å²) in [7, 11) is 1.47. The third-order valence-corrected chi connectivity index (χ3v) is 1.99. The SMILES string of the molecule is COc1nc(CC(=O)O)nc2ncccc12. The van der Waals surface area contributed by atoms with Crippen molar-refractivity contribution >= 4 is 17.0 Å². The maximum Gasteiger partial charge on any atom is 0.311 e. The summed E-state index contributed by atoms with van der Waals surface area (Å²) >= 11 is 0. The molecule has 0 amide bonds. The summed E-state index contributed by atoms with van der Waals surface area (Å²) < 4.78 is 5.07. The molecule has 2 heterocycles. The summed E-state index contributed by atoms with van der Waals surface area (Å²) in [4.78, 5) is 22.6. The number of carboxylic acid groups (broad SMARTS) is 1. The molecule has 0 unspecified atom stereocenters. The fourth-order valence-corrected chi connectivity index (χ4v) is 1.35. The van der Waals surface area contributed by atoms with E-state index in [4.69, 9.17) is 9.84 Å². The molecule has 0 fully saturated rings. The molecule has 0 aliphatic heterocycles. The number of nitrogens with zero attached hydrogens (tertiary/aromatic N) is 3. The minimum absolute atomic E-state index is 0.190. The molecule has 6 heteroatoms. The first-order valence-electron chi connectivity index (χ1n) is 4.58. The van der Waals surface area contributed by atoms with E-state index in [-0.39, 0.29) is 12.2 Å². The molecule has 1 N–H and O–H groups in total. The summed E-state index contributed by atoms with van der Waals surface area (Å²) in [6.45, 7) is 0. The van der Waals surface area contributed by atoms with Crippen molar-refractivity contribution in [2.45, 2.75) is 6.42 Å². The van der Waals surface area contributed by atoms with Gasteiger partial charge < -0.3 is 9.84 Å². The van der Waals surface area contributed by atoms with Crippen LogP contribution in [0.15, 0.2) is 18.3 Å². The van der Waals surface area contributed by atoms with Crippen LogP contribution in [0.4, 0.5) is 0 Å². The maximum absolute atomic E-state index is 10.6. The van der Waals surface area contributed by atoms with Crippen molar-refractivity contribution in [3.05, 3.63) is 24.2 Å². The molecule has 6 nitrogen and oxygen atoms in total. The number of fused-ring (bicyclic) bond motifs is 1. The Labute approximate surface area is 90.9 Å². The smallest absolute Gasteiger partial charge is 0.311 e. The molecule has 0 aliphatic carbocycles. The molecule has 0 saturated carbocycles. The molecule has 0 radical (unpaired) electrons. The zero-order chi connectivity index (χ0) is 11.5. The largest absolute Gasteiger partial charge is 0.481 e. The average Bonchev–Trinajstić information content (AvgIpc) is 2.27. The highest BCUT2D eigenvalue weighted by atomic mass is 16.5. The van der Waals surface area contributed by atoms with Crippen molar-refractivity contribution in [2.24, 2.45) is 0 Å². The average molecular weight is 219 g/mol. The van der Waals surface area contributed by atoms with Crippen LogP contribution in [0.5, 0.6) is 5.88 Å². The van der Waals surface area contributed by atoms with E-state index in [0.29, 0.717) is 16.9 Å². The Balaban J connectivity index is 2.58. The number of hydrogen-bond acceptors (Lipinski definition) is 5. The van der Waals surface area contributed by atoms with Gasteiger partial charge in [0.1, 0.15) is 12.2 Å². The molecule has 2 aromatic heterocycles. The van der Waals surface area contributed by atoms with Crippen LogP contribution in [0.2, 0.25) is 0 Å². The number of ether oxygens (including phenoxy) is 1. The van der Waals surface area contributed by atoms with E-state index in [9.17, 15) is 4.79 Å². The second kappa shape index (κ2) is 4.09. The molecule has 2 aromatic rings. The van der Waals surface area contributed by atoms with Gasteiger partial charge in [-0.15, -0.1) is 0 Å². The van der Waals surface area contributed by atoms with E-state index in [1.54, 1.807) is 18.3 Å². The lowest BCUT2D eigenvalue weighted by Crippen LogP contribution is -2.06. The monoisotopic (exact) mass is 219 g/mol. The van der Waals surface area contributed by atoms with Crippen LogP contribution in [0.25, 0.3) is 11.0 Å². The van der Waals surface area contributed by atoms with Gasteiger partial charge in [-0.05, 0) is 12.1 Å². The Morgan fingerprint density at radius 2 is 2.31 bits per heavy atom. The number of hydrogen-bond donors (Lipinski definition) is 1. The summed E-state index contributed by atoms with van der Waals surface area (Å²) in [5, 5.41) is 9.33. The summed E-state index contributed by atoms with van der Waals surface area (Å²) in [5.74, 6) is -0.456. The van der Waals surface area contributed by atoms with Crippen molar-refractivity contribution in [3.63, 3.8) is 0 Å². The van der Waals surface area contributed by atoms with Gasteiger partial charge in [0, 0.05) is 6.20 Å². The molecule has 82 valence electrons. The highest BCUT2D eigenvalue weighted by Crippen LogP contribution is 2.19. The van der Waals surface area contributed by atoms with Gasteiger partial charge in [-0.2, -0.15) is 4.98 Å². The second-order valence-corrected chi connectivity index (χ2v) is 3.09. The van der Waals surface area contributed by atoms with Crippen LogP contribution in [0, 0.1) is 0 Å². The predicted octanol–water partition coefficient (Wildman–Crippen LogP) is 0.660. The van der Waals surface area contributed by atoms with E-state index < -0.39 is 5.97 Å². The number of aromatic nitrogens is 3. The lowest BCUT2D eigenvalue weighted by atomic mass is 10.3. The van der Waals surface area contributed by atoms with Gasteiger partial charge in [0.15, 0.2) is 5.65 Å². The minimum atomic E-state index is -0.989. The molecular formula is C10H9N3O3. The first-order valence-corrected chi connectivity index (χ1v) is 4.58. The van der Waals surface area contributed by atoms with Gasteiger partial charge in [0.05, 0.1) is 12.5 Å². The van der Waals surface area contributed by atoms with E-state index in [1.807, 2.05) is 0 Å². The first-order chi connectivity index (χ1) is 7.70. The van der Waals surface area contributed by atoms with Gasteiger partial charge in [-0.3, -0.25) is 4.79 Å². The van der Waals surface area contributed by atoms with Crippen LogP contribution in [0.1, 0.15) is 5.82 Å². The molecule has 2 rings (SSSR count). The number of pyridine rings is 1. The van der Waals surface area contributed by atoms with Crippen LogP contribution < -0.4 is 4.74 Å². The summed E-state index contributed by atoms with van der Waals surface area (Å²) in [5.41, 5.74) is 0.436. The van der Waals surface area contributed by atoms with Crippen molar-refractivity contribution in [1.82, 2.24) is 15.0 Å². The molecule has 0 atom stereocenters. The quantitative estimate of drug-likeness (QED) is 0.816. The number of carboxylic acids is 1. The van der Waals surface area contributed by atoms with Crippen molar-refractivity contribution < 1.29 is 14.6 Å². The standard InChI is InChI=1S/C10H9N3O3/c1-16-10-6-3-2-4-11-9(6)12-7(13-10)5-8(14)15/h2-4H,5H2,1H3,(H,14,15). The molecule has 16 heavy (non-hydrogen) atoms. The van der Waals surface area contributed by atoms with Gasteiger partial charge in [-0.1, -0.05) is 0 Å². The van der Waals surface area contributed by atoms with E-state index in [1.165, 1.54) is 7.11 Å².